The van der Waals surface area contributed by atoms with Gasteiger partial charge in [-0.05, 0) is 33.9 Å². The van der Waals surface area contributed by atoms with Gasteiger partial charge < -0.3 is 10.6 Å². The Balaban J connectivity index is 2.60. The fourth-order valence-corrected chi connectivity index (χ4v) is 1.62. The van der Waals surface area contributed by atoms with Crippen molar-refractivity contribution in [3.8, 4) is 0 Å². The molecule has 2 heteroatoms. The normalized spacial score (nSPS) is 32.3. The molecule has 11 heavy (non-hydrogen) atoms. The molecule has 0 radical (unpaired) electrons. The molecule has 0 saturated carbocycles. The maximum absolute atomic E-state index is 5.96. The molecule has 0 amide bonds. The number of hydrogen-bond donors (Lipinski definition) is 1. The molecule has 1 aliphatic carbocycles. The average Bonchev–Trinajstić information content (AvgIpc) is 1.94. The monoisotopic (exact) mass is 154 g/mol. The Kier molecular flexibility index (Phi) is 2.68. The van der Waals surface area contributed by atoms with Gasteiger partial charge in [0.05, 0.1) is 0 Å². The van der Waals surface area contributed by atoms with Crippen LogP contribution in [0, 0.1) is 0 Å². The molecule has 0 saturated heterocycles. The van der Waals surface area contributed by atoms with E-state index in [4.69, 9.17) is 5.73 Å². The van der Waals surface area contributed by atoms with Crippen LogP contribution in [0.4, 0.5) is 0 Å². The standard InChI is InChI=1S/C9H18N2/c1-7-4-5-8(10)9(6-7)11(2)3/h4,8-9H,5-6,10H2,1-3H3/t8-,9-/m0/s1. The van der Waals surface area contributed by atoms with E-state index in [1.165, 1.54) is 5.57 Å². The molecule has 0 aromatic heterocycles. The van der Waals surface area contributed by atoms with Crippen LogP contribution < -0.4 is 5.73 Å². The summed E-state index contributed by atoms with van der Waals surface area (Å²) in [5.41, 5.74) is 7.43. The first kappa shape index (κ1) is 8.75. The van der Waals surface area contributed by atoms with Gasteiger partial charge in [-0.15, -0.1) is 0 Å². The molecular formula is C9H18N2. The summed E-state index contributed by atoms with van der Waals surface area (Å²) < 4.78 is 0. The fraction of sp³-hybridized carbons (Fsp3) is 0.778. The lowest BCUT2D eigenvalue weighted by molar-refractivity contribution is 0.244. The van der Waals surface area contributed by atoms with Gasteiger partial charge in [0.1, 0.15) is 0 Å². The van der Waals surface area contributed by atoms with Crippen molar-refractivity contribution in [3.05, 3.63) is 11.6 Å². The Morgan fingerprint density at radius 3 is 2.64 bits per heavy atom. The van der Waals surface area contributed by atoms with Crippen molar-refractivity contribution in [1.29, 1.82) is 0 Å². The van der Waals surface area contributed by atoms with Gasteiger partial charge in [0.2, 0.25) is 0 Å². The summed E-state index contributed by atoms with van der Waals surface area (Å²) in [4.78, 5) is 2.22. The molecule has 0 aromatic rings. The first-order valence-electron chi connectivity index (χ1n) is 4.19. The van der Waals surface area contributed by atoms with Gasteiger partial charge in [-0.1, -0.05) is 11.6 Å². The van der Waals surface area contributed by atoms with E-state index in [1.807, 2.05) is 0 Å². The quantitative estimate of drug-likeness (QED) is 0.571. The lowest BCUT2D eigenvalue weighted by Gasteiger charge is -2.32. The van der Waals surface area contributed by atoms with E-state index in [2.05, 4.69) is 32.0 Å². The molecule has 2 nitrogen and oxygen atoms in total. The zero-order chi connectivity index (χ0) is 8.43. The van der Waals surface area contributed by atoms with Crippen molar-refractivity contribution in [3.63, 3.8) is 0 Å². The zero-order valence-corrected chi connectivity index (χ0v) is 7.67. The molecule has 0 aliphatic heterocycles. The minimum atomic E-state index is 0.327. The molecule has 0 aromatic carbocycles. The first-order chi connectivity index (χ1) is 5.11. The second kappa shape index (κ2) is 3.37. The molecule has 0 unspecified atom stereocenters. The van der Waals surface area contributed by atoms with Crippen LogP contribution in [0.15, 0.2) is 11.6 Å². The maximum atomic E-state index is 5.96. The van der Waals surface area contributed by atoms with E-state index >= 15 is 0 Å². The predicted octanol–water partition coefficient (Wildman–Crippen LogP) is 0.984. The number of rotatable bonds is 1. The van der Waals surface area contributed by atoms with Crippen LogP contribution in [0.25, 0.3) is 0 Å². The molecule has 1 aliphatic rings. The van der Waals surface area contributed by atoms with Gasteiger partial charge in [0.25, 0.3) is 0 Å². The molecule has 64 valence electrons. The molecule has 0 fully saturated rings. The van der Waals surface area contributed by atoms with Crippen molar-refractivity contribution >= 4 is 0 Å². The SMILES string of the molecule is CC1=CC[C@H](N)[C@@H](N(C)C)C1. The van der Waals surface area contributed by atoms with Gasteiger partial charge in [0, 0.05) is 12.1 Å². The number of nitrogens with two attached hydrogens (primary N) is 1. The van der Waals surface area contributed by atoms with E-state index in [-0.39, 0.29) is 0 Å². The van der Waals surface area contributed by atoms with Crippen LogP contribution in [-0.4, -0.2) is 31.1 Å². The van der Waals surface area contributed by atoms with E-state index in [1.54, 1.807) is 0 Å². The van der Waals surface area contributed by atoms with Crippen LogP contribution in [-0.2, 0) is 0 Å². The largest absolute Gasteiger partial charge is 0.326 e. The lowest BCUT2D eigenvalue weighted by atomic mass is 9.91. The predicted molar refractivity (Wildman–Crippen MR) is 48.4 cm³/mol. The summed E-state index contributed by atoms with van der Waals surface area (Å²) in [7, 11) is 4.20. The van der Waals surface area contributed by atoms with E-state index < -0.39 is 0 Å². The van der Waals surface area contributed by atoms with Gasteiger partial charge in [0.15, 0.2) is 0 Å². The molecule has 0 heterocycles. The molecule has 0 bridgehead atoms. The third-order valence-corrected chi connectivity index (χ3v) is 2.43. The van der Waals surface area contributed by atoms with Crippen LogP contribution in [0.3, 0.4) is 0 Å². The van der Waals surface area contributed by atoms with Crippen LogP contribution in [0.5, 0.6) is 0 Å². The summed E-state index contributed by atoms with van der Waals surface area (Å²) in [6, 6.07) is 0.869. The third kappa shape index (κ3) is 2.04. The molecule has 1 rings (SSSR count). The van der Waals surface area contributed by atoms with Gasteiger partial charge in [-0.25, -0.2) is 0 Å². The Bertz CT molecular complexity index is 161. The minimum Gasteiger partial charge on any atom is -0.326 e. The van der Waals surface area contributed by atoms with Gasteiger partial charge in [-0.3, -0.25) is 0 Å². The van der Waals surface area contributed by atoms with Crippen LogP contribution in [0.2, 0.25) is 0 Å². The number of hydrogen-bond acceptors (Lipinski definition) is 2. The maximum Gasteiger partial charge on any atom is 0.0281 e. The highest BCUT2D eigenvalue weighted by Gasteiger charge is 2.22. The summed E-state index contributed by atoms with van der Waals surface area (Å²) in [5, 5.41) is 0. The minimum absolute atomic E-state index is 0.327. The molecule has 0 spiro atoms. The van der Waals surface area contributed by atoms with E-state index in [0.29, 0.717) is 12.1 Å². The summed E-state index contributed by atoms with van der Waals surface area (Å²) in [6.45, 7) is 2.18. The highest BCUT2D eigenvalue weighted by atomic mass is 15.1. The van der Waals surface area contributed by atoms with Crippen LogP contribution >= 0.6 is 0 Å². The third-order valence-electron chi connectivity index (χ3n) is 2.43. The fourth-order valence-electron chi connectivity index (χ4n) is 1.62. The second-order valence-corrected chi connectivity index (χ2v) is 3.69. The van der Waals surface area contributed by atoms with Crippen LogP contribution in [0.1, 0.15) is 19.8 Å². The molecule has 2 N–H and O–H groups in total. The van der Waals surface area contributed by atoms with Crippen molar-refractivity contribution in [2.24, 2.45) is 5.73 Å². The Morgan fingerprint density at radius 1 is 1.55 bits per heavy atom. The van der Waals surface area contributed by atoms with Gasteiger partial charge >= 0.3 is 0 Å². The van der Waals surface area contributed by atoms with Crippen molar-refractivity contribution in [2.45, 2.75) is 31.8 Å². The Labute approximate surface area is 69.1 Å². The first-order valence-corrected chi connectivity index (χ1v) is 4.19. The smallest absolute Gasteiger partial charge is 0.0281 e. The lowest BCUT2D eigenvalue weighted by Crippen LogP contribution is -2.45. The Hall–Kier alpha value is -0.340. The van der Waals surface area contributed by atoms with E-state index in [0.717, 1.165) is 12.8 Å². The molecular weight excluding hydrogens is 136 g/mol. The highest BCUT2D eigenvalue weighted by Crippen LogP contribution is 2.19. The number of nitrogens with zero attached hydrogens (tertiary/aromatic N) is 1. The summed E-state index contributed by atoms with van der Waals surface area (Å²) >= 11 is 0. The van der Waals surface area contributed by atoms with Crippen molar-refractivity contribution < 1.29 is 0 Å². The van der Waals surface area contributed by atoms with Crippen molar-refractivity contribution in [1.82, 2.24) is 4.90 Å². The van der Waals surface area contributed by atoms with Gasteiger partial charge in [-0.2, -0.15) is 0 Å². The average molecular weight is 154 g/mol. The number of likely N-dealkylation sites (N-methyl/N-ethyl adjacent to an activating group) is 1. The Morgan fingerprint density at radius 2 is 2.18 bits per heavy atom. The highest BCUT2D eigenvalue weighted by molar-refractivity contribution is 5.09. The summed E-state index contributed by atoms with van der Waals surface area (Å²) in [6.07, 6.45) is 4.42. The molecule has 2 atom stereocenters. The topological polar surface area (TPSA) is 29.3 Å². The van der Waals surface area contributed by atoms with E-state index in [9.17, 15) is 0 Å². The summed E-state index contributed by atoms with van der Waals surface area (Å²) in [5.74, 6) is 0. The van der Waals surface area contributed by atoms with Crippen molar-refractivity contribution in [2.75, 3.05) is 14.1 Å². The zero-order valence-electron chi connectivity index (χ0n) is 7.67. The second-order valence-electron chi connectivity index (χ2n) is 3.69.